The molecule has 0 fully saturated rings. The van der Waals surface area contributed by atoms with E-state index in [0.717, 1.165) is 32.2 Å². The second-order valence-electron chi connectivity index (χ2n) is 4.43. The van der Waals surface area contributed by atoms with Crippen molar-refractivity contribution < 1.29 is 9.26 Å². The van der Waals surface area contributed by atoms with Gasteiger partial charge in [0, 0.05) is 19.6 Å². The zero-order chi connectivity index (χ0) is 13.4. The minimum Gasteiger partial charge on any atom is -0.373 e. The van der Waals surface area contributed by atoms with E-state index < -0.39 is 0 Å². The third-order valence-electron chi connectivity index (χ3n) is 2.98. The Balaban J connectivity index is 2.61. The van der Waals surface area contributed by atoms with Gasteiger partial charge in [0.2, 0.25) is 11.7 Å². The number of hydrogen-bond donors (Lipinski definition) is 1. The van der Waals surface area contributed by atoms with E-state index in [2.05, 4.69) is 29.3 Å². The first-order valence-electron chi connectivity index (χ1n) is 6.83. The molecule has 0 saturated heterocycles. The second-order valence-corrected chi connectivity index (χ2v) is 4.43. The molecule has 1 heterocycles. The molecule has 0 radical (unpaired) electrons. The molecule has 1 rings (SSSR count). The van der Waals surface area contributed by atoms with Crippen molar-refractivity contribution in [2.24, 2.45) is 0 Å². The van der Waals surface area contributed by atoms with E-state index in [-0.39, 0.29) is 6.10 Å². The highest BCUT2D eigenvalue weighted by Gasteiger charge is 2.18. The first-order valence-corrected chi connectivity index (χ1v) is 6.83. The molecule has 5 heteroatoms. The van der Waals surface area contributed by atoms with E-state index in [0.29, 0.717) is 17.8 Å². The van der Waals surface area contributed by atoms with Crippen LogP contribution >= 0.6 is 0 Å². The van der Waals surface area contributed by atoms with Gasteiger partial charge in [0.25, 0.3) is 0 Å². The van der Waals surface area contributed by atoms with E-state index >= 15 is 0 Å². The van der Waals surface area contributed by atoms with Gasteiger partial charge in [0.15, 0.2) is 0 Å². The Hall–Kier alpha value is -0.940. The molecular weight excluding hydrogens is 230 g/mol. The molecule has 0 aliphatic carbocycles. The van der Waals surface area contributed by atoms with Gasteiger partial charge in [0.1, 0.15) is 6.10 Å². The molecule has 2 atom stereocenters. The molecular formula is C13H25N3O2. The minimum atomic E-state index is -0.0636. The van der Waals surface area contributed by atoms with Crippen LogP contribution in [0, 0.1) is 0 Å². The maximum Gasteiger partial charge on any atom is 0.228 e. The predicted molar refractivity (Wildman–Crippen MR) is 70.4 cm³/mol. The van der Waals surface area contributed by atoms with Gasteiger partial charge in [-0.2, -0.15) is 4.98 Å². The molecule has 0 aromatic carbocycles. The average Bonchev–Trinajstić information content (AvgIpc) is 2.80. The smallest absolute Gasteiger partial charge is 0.228 e. The predicted octanol–water partition coefficient (Wildman–Crippen LogP) is 2.49. The largest absolute Gasteiger partial charge is 0.373 e. The number of aromatic nitrogens is 2. The summed E-state index contributed by atoms with van der Waals surface area (Å²) >= 11 is 0. The summed E-state index contributed by atoms with van der Waals surface area (Å²) in [7, 11) is 1.67. The summed E-state index contributed by atoms with van der Waals surface area (Å²) < 4.78 is 10.6. The van der Waals surface area contributed by atoms with Gasteiger partial charge in [-0.15, -0.1) is 0 Å². The summed E-state index contributed by atoms with van der Waals surface area (Å²) in [6.07, 6.45) is 3.84. The van der Waals surface area contributed by atoms with Crippen LogP contribution in [0.4, 0.5) is 0 Å². The van der Waals surface area contributed by atoms with Crippen LogP contribution in [0.1, 0.15) is 57.9 Å². The van der Waals surface area contributed by atoms with Crippen molar-refractivity contribution in [1.29, 1.82) is 0 Å². The van der Waals surface area contributed by atoms with Crippen LogP contribution in [0.2, 0.25) is 0 Å². The summed E-state index contributed by atoms with van der Waals surface area (Å²) in [5.74, 6) is 1.35. The monoisotopic (exact) mass is 255 g/mol. The van der Waals surface area contributed by atoms with E-state index in [1.165, 1.54) is 0 Å². The average molecular weight is 255 g/mol. The first kappa shape index (κ1) is 15.1. The molecule has 0 aliphatic rings. The molecule has 5 nitrogen and oxygen atoms in total. The Bertz CT molecular complexity index is 318. The molecule has 0 saturated carbocycles. The lowest BCUT2D eigenvalue weighted by atomic mass is 10.1. The number of ether oxygens (including phenoxy) is 1. The van der Waals surface area contributed by atoms with Gasteiger partial charge >= 0.3 is 0 Å². The normalized spacial score (nSPS) is 14.7. The fourth-order valence-corrected chi connectivity index (χ4v) is 2.06. The summed E-state index contributed by atoms with van der Waals surface area (Å²) in [6, 6.07) is 0.413. The fourth-order valence-electron chi connectivity index (χ4n) is 2.06. The lowest BCUT2D eigenvalue weighted by Crippen LogP contribution is -2.30. The molecule has 2 unspecified atom stereocenters. The highest BCUT2D eigenvalue weighted by Crippen LogP contribution is 2.17. The number of nitrogens with zero attached hydrogens (tertiary/aromatic N) is 2. The summed E-state index contributed by atoms with van der Waals surface area (Å²) in [5.41, 5.74) is 0. The van der Waals surface area contributed by atoms with Gasteiger partial charge in [-0.3, -0.25) is 0 Å². The van der Waals surface area contributed by atoms with E-state index in [1.54, 1.807) is 7.11 Å². The molecule has 0 aliphatic heterocycles. The van der Waals surface area contributed by atoms with Crippen LogP contribution in [0.15, 0.2) is 4.52 Å². The number of methoxy groups -OCH3 is 1. The third kappa shape index (κ3) is 4.38. The van der Waals surface area contributed by atoms with Crippen LogP contribution in [0.25, 0.3) is 0 Å². The van der Waals surface area contributed by atoms with Crippen molar-refractivity contribution in [2.45, 2.75) is 58.6 Å². The Morgan fingerprint density at radius 2 is 2.11 bits per heavy atom. The lowest BCUT2D eigenvalue weighted by molar-refractivity contribution is 0.0903. The van der Waals surface area contributed by atoms with Gasteiger partial charge in [-0.25, -0.2) is 0 Å². The summed E-state index contributed by atoms with van der Waals surface area (Å²) in [4.78, 5) is 4.41. The molecule has 0 bridgehead atoms. The maximum absolute atomic E-state index is 5.30. The summed E-state index contributed by atoms with van der Waals surface area (Å²) in [5, 5.41) is 7.43. The Morgan fingerprint density at radius 1 is 1.33 bits per heavy atom. The topological polar surface area (TPSA) is 60.2 Å². The minimum absolute atomic E-state index is 0.0636. The highest BCUT2D eigenvalue weighted by atomic mass is 16.5. The van der Waals surface area contributed by atoms with Crippen molar-refractivity contribution in [3.63, 3.8) is 0 Å². The number of likely N-dealkylation sites (N-methyl/N-ethyl adjacent to an activating group) is 1. The molecule has 1 aromatic rings. The second kappa shape index (κ2) is 8.21. The quantitative estimate of drug-likeness (QED) is 0.734. The van der Waals surface area contributed by atoms with Crippen molar-refractivity contribution in [2.75, 3.05) is 13.7 Å². The molecule has 1 N–H and O–H groups in total. The van der Waals surface area contributed by atoms with E-state index in [4.69, 9.17) is 9.26 Å². The van der Waals surface area contributed by atoms with Crippen LogP contribution in [0.3, 0.4) is 0 Å². The van der Waals surface area contributed by atoms with Gasteiger partial charge < -0.3 is 14.6 Å². The van der Waals surface area contributed by atoms with Crippen LogP contribution in [0.5, 0.6) is 0 Å². The first-order chi connectivity index (χ1) is 8.74. The molecule has 1 aromatic heterocycles. The van der Waals surface area contributed by atoms with Crippen molar-refractivity contribution in [3.05, 3.63) is 11.7 Å². The zero-order valence-corrected chi connectivity index (χ0v) is 11.9. The maximum atomic E-state index is 5.30. The number of nitrogens with one attached hydrogen (secondary N) is 1. The Morgan fingerprint density at radius 3 is 2.67 bits per heavy atom. The van der Waals surface area contributed by atoms with Crippen molar-refractivity contribution in [3.8, 4) is 0 Å². The van der Waals surface area contributed by atoms with Gasteiger partial charge in [-0.1, -0.05) is 32.3 Å². The van der Waals surface area contributed by atoms with Crippen LogP contribution in [-0.2, 0) is 11.2 Å². The Labute approximate surface area is 109 Å². The molecule has 18 heavy (non-hydrogen) atoms. The Kier molecular flexibility index (Phi) is 6.90. The standard InChI is InChI=1S/C13H25N3O2/c1-5-8-10(14-7-3)9-12-15-13(16-18-12)11(6-2)17-4/h10-11,14H,5-9H2,1-4H3. The number of rotatable bonds is 9. The summed E-state index contributed by atoms with van der Waals surface area (Å²) in [6.45, 7) is 7.30. The molecule has 104 valence electrons. The molecule has 0 amide bonds. The van der Waals surface area contributed by atoms with Crippen LogP contribution in [-0.4, -0.2) is 29.8 Å². The zero-order valence-electron chi connectivity index (χ0n) is 11.9. The van der Waals surface area contributed by atoms with Gasteiger partial charge in [-0.05, 0) is 19.4 Å². The third-order valence-corrected chi connectivity index (χ3v) is 2.98. The fraction of sp³-hybridized carbons (Fsp3) is 0.846. The van der Waals surface area contributed by atoms with Crippen LogP contribution < -0.4 is 5.32 Å². The van der Waals surface area contributed by atoms with Crippen molar-refractivity contribution in [1.82, 2.24) is 15.5 Å². The van der Waals surface area contributed by atoms with Gasteiger partial charge in [0.05, 0.1) is 0 Å². The number of hydrogen-bond acceptors (Lipinski definition) is 5. The van der Waals surface area contributed by atoms with E-state index in [9.17, 15) is 0 Å². The molecule has 0 spiro atoms. The lowest BCUT2D eigenvalue weighted by Gasteiger charge is -2.14. The SMILES string of the molecule is CCCC(Cc1nc(C(CC)OC)no1)NCC. The highest BCUT2D eigenvalue weighted by molar-refractivity contribution is 4.93. The van der Waals surface area contributed by atoms with E-state index in [1.807, 2.05) is 6.92 Å². The van der Waals surface area contributed by atoms with Crippen molar-refractivity contribution >= 4 is 0 Å².